The quantitative estimate of drug-likeness (QED) is 0.227. The third kappa shape index (κ3) is 17.7. The van der Waals surface area contributed by atoms with Crippen LogP contribution in [0.4, 0.5) is 0 Å². The summed E-state index contributed by atoms with van der Waals surface area (Å²) in [6.07, 6.45) is 0. The van der Waals surface area contributed by atoms with Crippen LogP contribution in [-0.2, 0) is 10.1 Å². The van der Waals surface area contributed by atoms with Gasteiger partial charge in [0, 0.05) is 19.6 Å². The number of likely N-dealkylation sites (N-methyl/N-ethyl adjacent to an activating group) is 1. The Bertz CT molecular complexity index is 335. The van der Waals surface area contributed by atoms with Gasteiger partial charge in [0.25, 0.3) is 0 Å². The van der Waals surface area contributed by atoms with Crippen LogP contribution in [0.1, 0.15) is 0 Å². The van der Waals surface area contributed by atoms with Gasteiger partial charge >= 0.3 is 0 Å². The fourth-order valence-electron chi connectivity index (χ4n) is 1.51. The Kier molecular flexibility index (Phi) is 14.3. The number of aliphatic hydroxyl groups excluding tert-OH is 4. The Morgan fingerprint density at radius 3 is 1.55 bits per heavy atom. The van der Waals surface area contributed by atoms with E-state index in [1.807, 2.05) is 14.1 Å². The summed E-state index contributed by atoms with van der Waals surface area (Å²) < 4.78 is 31.4. The van der Waals surface area contributed by atoms with Crippen molar-refractivity contribution in [2.24, 2.45) is 0 Å². The summed E-state index contributed by atoms with van der Waals surface area (Å²) in [5.41, 5.74) is 0. The van der Waals surface area contributed by atoms with Crippen molar-refractivity contribution >= 4 is 10.1 Å². The molecule has 0 radical (unpaired) electrons. The first-order chi connectivity index (χ1) is 10.1. The fraction of sp³-hybridized carbons (Fsp3) is 1.00. The molecule has 0 unspecified atom stereocenters. The van der Waals surface area contributed by atoms with Crippen LogP contribution in [0.25, 0.3) is 0 Å². The largest absolute Gasteiger partial charge is 0.748 e. The maximum Gasteiger partial charge on any atom is 0.102 e. The number of quaternary nitrogens is 1. The number of nitrogens with zero attached hydrogens (tertiary/aromatic N) is 2. The van der Waals surface area contributed by atoms with Crippen molar-refractivity contribution < 1.29 is 37.9 Å². The van der Waals surface area contributed by atoms with Crippen LogP contribution in [0.2, 0.25) is 0 Å². The normalized spacial score (nSPS) is 12.2. The van der Waals surface area contributed by atoms with Crippen LogP contribution in [-0.4, -0.2) is 122 Å². The molecule has 0 aliphatic carbocycles. The van der Waals surface area contributed by atoms with E-state index < -0.39 is 15.9 Å². The van der Waals surface area contributed by atoms with Gasteiger partial charge in [-0.3, -0.25) is 4.90 Å². The molecule has 0 spiro atoms. The van der Waals surface area contributed by atoms with Gasteiger partial charge in [-0.15, -0.1) is 0 Å². The van der Waals surface area contributed by atoms with Gasteiger partial charge in [-0.25, -0.2) is 8.42 Å². The van der Waals surface area contributed by atoms with E-state index in [0.29, 0.717) is 17.6 Å². The van der Waals surface area contributed by atoms with E-state index in [1.54, 1.807) is 0 Å². The maximum absolute atomic E-state index is 10.2. The smallest absolute Gasteiger partial charge is 0.102 e. The molecule has 0 rings (SSSR count). The van der Waals surface area contributed by atoms with Crippen molar-refractivity contribution in [1.29, 1.82) is 0 Å². The van der Waals surface area contributed by atoms with Crippen molar-refractivity contribution in [3.63, 3.8) is 0 Å². The van der Waals surface area contributed by atoms with E-state index in [2.05, 4.69) is 0 Å². The zero-order valence-corrected chi connectivity index (χ0v) is 14.2. The van der Waals surface area contributed by atoms with Crippen LogP contribution < -0.4 is 0 Å². The van der Waals surface area contributed by atoms with Crippen molar-refractivity contribution in [2.75, 3.05) is 79.0 Å². The highest BCUT2D eigenvalue weighted by Crippen LogP contribution is 1.92. The standard InChI is InChI=1S/C6H15NO5S.C6H16NO2/c8-4-1-7(2-5-9)3-6-13(10,11)12;1-7(2,3-5-8)4-6-9/h8-9H,1-6H2,(H,10,11,12);8-9H,3-6H2,1-2H3/q;+1/p-1. The van der Waals surface area contributed by atoms with Crippen molar-refractivity contribution in [3.05, 3.63) is 0 Å². The lowest BCUT2D eigenvalue weighted by atomic mass is 10.4. The summed E-state index contributed by atoms with van der Waals surface area (Å²) in [5, 5.41) is 34.1. The van der Waals surface area contributed by atoms with E-state index in [9.17, 15) is 13.0 Å². The molecule has 0 aromatic heterocycles. The maximum atomic E-state index is 10.2. The second-order valence-corrected chi connectivity index (χ2v) is 6.90. The van der Waals surface area contributed by atoms with Gasteiger partial charge in [-0.05, 0) is 0 Å². The molecule has 4 N–H and O–H groups in total. The molecule has 136 valence electrons. The van der Waals surface area contributed by atoms with Gasteiger partial charge < -0.3 is 29.5 Å². The first kappa shape index (κ1) is 23.9. The van der Waals surface area contributed by atoms with Crippen LogP contribution in [0.15, 0.2) is 0 Å². The zero-order chi connectivity index (χ0) is 17.6. The summed E-state index contributed by atoms with van der Waals surface area (Å²) in [6, 6.07) is 0. The Hall–Kier alpha value is -0.330. The first-order valence-electron chi connectivity index (χ1n) is 7.03. The van der Waals surface area contributed by atoms with Crippen molar-refractivity contribution in [1.82, 2.24) is 4.90 Å². The molecule has 0 saturated heterocycles. The highest BCUT2D eigenvalue weighted by Gasteiger charge is 2.11. The minimum atomic E-state index is -4.21. The van der Waals surface area contributed by atoms with Gasteiger partial charge in [0.2, 0.25) is 0 Å². The molecule has 0 aromatic rings. The van der Waals surface area contributed by atoms with E-state index in [1.165, 1.54) is 4.90 Å². The summed E-state index contributed by atoms with van der Waals surface area (Å²) in [5.74, 6) is -0.493. The van der Waals surface area contributed by atoms with Crippen molar-refractivity contribution in [3.8, 4) is 0 Å². The van der Waals surface area contributed by atoms with Crippen LogP contribution in [0, 0.1) is 0 Å². The predicted octanol–water partition coefficient (Wildman–Crippen LogP) is -3.13. The summed E-state index contributed by atoms with van der Waals surface area (Å²) in [7, 11) is -0.254. The molecular weight excluding hydrogens is 316 g/mol. The Labute approximate surface area is 132 Å². The van der Waals surface area contributed by atoms with Gasteiger partial charge in [0.05, 0.1) is 56.4 Å². The van der Waals surface area contributed by atoms with Gasteiger partial charge in [-0.1, -0.05) is 0 Å². The minimum absolute atomic E-state index is 0.0486. The molecule has 0 bridgehead atoms. The molecule has 0 heterocycles. The second kappa shape index (κ2) is 13.1. The summed E-state index contributed by atoms with van der Waals surface area (Å²) >= 11 is 0. The minimum Gasteiger partial charge on any atom is -0.748 e. The highest BCUT2D eigenvalue weighted by molar-refractivity contribution is 7.85. The average molecular weight is 346 g/mol. The van der Waals surface area contributed by atoms with Crippen LogP contribution in [0.5, 0.6) is 0 Å². The van der Waals surface area contributed by atoms with Crippen molar-refractivity contribution in [2.45, 2.75) is 0 Å². The summed E-state index contributed by atoms with van der Waals surface area (Å²) in [6.45, 7) is 2.11. The lowest BCUT2D eigenvalue weighted by molar-refractivity contribution is -0.890. The van der Waals surface area contributed by atoms with Gasteiger partial charge in [0.15, 0.2) is 0 Å². The fourth-order valence-corrected chi connectivity index (χ4v) is 1.99. The van der Waals surface area contributed by atoms with Gasteiger partial charge in [-0.2, -0.15) is 0 Å². The van der Waals surface area contributed by atoms with Crippen LogP contribution in [0.3, 0.4) is 0 Å². The van der Waals surface area contributed by atoms with E-state index >= 15 is 0 Å². The third-order valence-electron chi connectivity index (χ3n) is 2.90. The third-order valence-corrected chi connectivity index (χ3v) is 3.58. The SMILES string of the molecule is C[N+](C)(CCO)CCO.O=S(=O)([O-])CCN(CCO)CCO. The summed E-state index contributed by atoms with van der Waals surface area (Å²) in [4.78, 5) is 1.51. The molecule has 0 aliphatic heterocycles. The van der Waals surface area contributed by atoms with E-state index in [0.717, 1.165) is 0 Å². The molecule has 9 nitrogen and oxygen atoms in total. The lowest BCUT2D eigenvalue weighted by Gasteiger charge is -2.27. The number of aliphatic hydroxyl groups is 4. The van der Waals surface area contributed by atoms with Gasteiger partial charge in [0.1, 0.15) is 13.1 Å². The van der Waals surface area contributed by atoms with E-state index in [-0.39, 0.29) is 46.1 Å². The molecule has 0 fully saturated rings. The number of hydrogen-bond donors (Lipinski definition) is 4. The van der Waals surface area contributed by atoms with Crippen LogP contribution >= 0.6 is 0 Å². The predicted molar refractivity (Wildman–Crippen MR) is 81.2 cm³/mol. The molecule has 10 heteroatoms. The number of hydrogen-bond acceptors (Lipinski definition) is 8. The molecule has 22 heavy (non-hydrogen) atoms. The van der Waals surface area contributed by atoms with E-state index in [4.69, 9.17) is 20.4 Å². The average Bonchev–Trinajstić information content (AvgIpc) is 2.36. The second-order valence-electron chi connectivity index (χ2n) is 5.38. The molecular formula is C12H30N2O7S. The monoisotopic (exact) mass is 346 g/mol. The Balaban J connectivity index is 0. The Morgan fingerprint density at radius 2 is 1.27 bits per heavy atom. The lowest BCUT2D eigenvalue weighted by Crippen LogP contribution is -2.43. The topological polar surface area (TPSA) is 141 Å². The molecule has 0 amide bonds. The molecule has 0 aromatic carbocycles. The Morgan fingerprint density at radius 1 is 0.864 bits per heavy atom. The highest BCUT2D eigenvalue weighted by atomic mass is 32.2. The molecule has 0 atom stereocenters. The zero-order valence-electron chi connectivity index (χ0n) is 13.4. The first-order valence-corrected chi connectivity index (χ1v) is 8.61. The molecule has 0 saturated carbocycles. The molecule has 0 aliphatic rings. The number of rotatable bonds is 11.